The Balaban J connectivity index is 2.10. The number of likely N-dealkylation sites (N-methyl/N-ethyl adjacent to an activating group) is 1. The summed E-state index contributed by atoms with van der Waals surface area (Å²) < 4.78 is 39.4. The average Bonchev–Trinajstić information content (AvgIpc) is 2.92. The molecular formula is C13H20FN3O2S. The van der Waals surface area contributed by atoms with E-state index in [0.717, 1.165) is 32.0 Å². The Labute approximate surface area is 119 Å². The van der Waals surface area contributed by atoms with Crippen LogP contribution >= 0.6 is 0 Å². The Bertz CT molecular complexity index is 571. The van der Waals surface area contributed by atoms with Crippen LogP contribution in [0.1, 0.15) is 12.8 Å². The van der Waals surface area contributed by atoms with Crippen LogP contribution in [0.25, 0.3) is 0 Å². The summed E-state index contributed by atoms with van der Waals surface area (Å²) in [4.78, 5) is 2.06. The summed E-state index contributed by atoms with van der Waals surface area (Å²) in [5.74, 6) is -0.709. The van der Waals surface area contributed by atoms with E-state index in [2.05, 4.69) is 4.90 Å². The third-order valence-electron chi connectivity index (χ3n) is 3.63. The van der Waals surface area contributed by atoms with Gasteiger partial charge in [0.25, 0.3) is 0 Å². The number of halogens is 1. The van der Waals surface area contributed by atoms with Gasteiger partial charge in [-0.3, -0.25) is 0 Å². The first-order valence-electron chi connectivity index (χ1n) is 6.65. The lowest BCUT2D eigenvalue weighted by Gasteiger charge is -2.21. The molecule has 0 radical (unpaired) electrons. The maximum absolute atomic E-state index is 13.4. The van der Waals surface area contributed by atoms with Crippen LogP contribution in [0.3, 0.4) is 0 Å². The predicted octanol–water partition coefficient (Wildman–Crippen LogP) is 1.12. The van der Waals surface area contributed by atoms with Gasteiger partial charge >= 0.3 is 0 Å². The quantitative estimate of drug-likeness (QED) is 0.828. The number of anilines is 1. The van der Waals surface area contributed by atoms with Gasteiger partial charge in [0.05, 0.1) is 5.69 Å². The van der Waals surface area contributed by atoms with Crippen molar-refractivity contribution in [1.29, 1.82) is 0 Å². The summed E-state index contributed by atoms with van der Waals surface area (Å²) in [6.07, 6.45) is 2.32. The van der Waals surface area contributed by atoms with E-state index in [4.69, 9.17) is 5.73 Å². The van der Waals surface area contributed by atoms with Crippen molar-refractivity contribution in [3.63, 3.8) is 0 Å². The van der Waals surface area contributed by atoms with E-state index in [1.807, 2.05) is 0 Å². The van der Waals surface area contributed by atoms with Crippen molar-refractivity contribution >= 4 is 15.7 Å². The highest BCUT2D eigenvalue weighted by molar-refractivity contribution is 7.89. The number of likely N-dealkylation sites (tertiary alicyclic amines) is 1. The maximum Gasteiger partial charge on any atom is 0.245 e. The van der Waals surface area contributed by atoms with Crippen molar-refractivity contribution in [3.05, 3.63) is 24.0 Å². The molecule has 5 nitrogen and oxygen atoms in total. The second-order valence-corrected chi connectivity index (χ2v) is 7.04. The normalized spacial score (nSPS) is 16.9. The zero-order valence-corrected chi connectivity index (χ0v) is 12.4. The fraction of sp³-hybridized carbons (Fsp3) is 0.538. The van der Waals surface area contributed by atoms with Gasteiger partial charge in [-0.05, 0) is 38.1 Å². The third kappa shape index (κ3) is 3.11. The van der Waals surface area contributed by atoms with Crippen LogP contribution in [-0.4, -0.2) is 50.8 Å². The van der Waals surface area contributed by atoms with Gasteiger partial charge in [-0.25, -0.2) is 12.8 Å². The molecule has 0 atom stereocenters. The molecule has 1 fully saturated rings. The van der Waals surface area contributed by atoms with Crippen LogP contribution in [0.5, 0.6) is 0 Å². The number of rotatable bonds is 5. The highest BCUT2D eigenvalue weighted by atomic mass is 32.2. The summed E-state index contributed by atoms with van der Waals surface area (Å²) in [5, 5.41) is 0. The van der Waals surface area contributed by atoms with Crippen molar-refractivity contribution in [2.75, 3.05) is 39.0 Å². The number of para-hydroxylation sites is 1. The number of hydrogen-bond donors (Lipinski definition) is 1. The zero-order chi connectivity index (χ0) is 14.8. The van der Waals surface area contributed by atoms with Gasteiger partial charge in [0.2, 0.25) is 10.0 Å². The van der Waals surface area contributed by atoms with E-state index >= 15 is 0 Å². The van der Waals surface area contributed by atoms with E-state index in [-0.39, 0.29) is 10.6 Å². The number of nitrogen functional groups attached to an aromatic ring is 1. The molecule has 1 aliphatic heterocycles. The fourth-order valence-electron chi connectivity index (χ4n) is 2.32. The Morgan fingerprint density at radius 2 is 2.00 bits per heavy atom. The topological polar surface area (TPSA) is 66.6 Å². The second kappa shape index (κ2) is 6.07. The standard InChI is InChI=1S/C13H20FN3O2S/c1-16(9-10-17-7-2-3-8-17)20(18,19)12-6-4-5-11(14)13(12)15/h4-6H,2-3,7-10,15H2,1H3. The monoisotopic (exact) mass is 301 g/mol. The van der Waals surface area contributed by atoms with Gasteiger partial charge in [0, 0.05) is 20.1 Å². The molecule has 7 heteroatoms. The summed E-state index contributed by atoms with van der Waals surface area (Å²) in [6.45, 7) is 3.08. The van der Waals surface area contributed by atoms with Gasteiger partial charge in [0.1, 0.15) is 10.7 Å². The Kier molecular flexibility index (Phi) is 4.62. The summed E-state index contributed by atoms with van der Waals surface area (Å²) >= 11 is 0. The largest absolute Gasteiger partial charge is 0.395 e. The molecule has 1 aromatic rings. The van der Waals surface area contributed by atoms with E-state index < -0.39 is 15.8 Å². The smallest absolute Gasteiger partial charge is 0.245 e. The SMILES string of the molecule is CN(CCN1CCCC1)S(=O)(=O)c1cccc(F)c1N. The molecule has 0 spiro atoms. The number of hydrogen-bond acceptors (Lipinski definition) is 4. The number of nitrogens with zero attached hydrogens (tertiary/aromatic N) is 2. The number of nitrogens with two attached hydrogens (primary N) is 1. The molecule has 0 aliphatic carbocycles. The summed E-state index contributed by atoms with van der Waals surface area (Å²) in [5.41, 5.74) is 5.21. The molecule has 0 amide bonds. The van der Waals surface area contributed by atoms with Crippen molar-refractivity contribution in [2.45, 2.75) is 17.7 Å². The van der Waals surface area contributed by atoms with E-state index in [1.54, 1.807) is 0 Å². The van der Waals surface area contributed by atoms with Gasteiger partial charge in [-0.2, -0.15) is 4.31 Å². The first kappa shape index (κ1) is 15.2. The minimum atomic E-state index is -3.74. The predicted molar refractivity (Wildman–Crippen MR) is 76.3 cm³/mol. The van der Waals surface area contributed by atoms with Gasteiger partial charge in [-0.1, -0.05) is 6.07 Å². The van der Waals surface area contributed by atoms with Crippen molar-refractivity contribution < 1.29 is 12.8 Å². The number of benzene rings is 1. The molecule has 0 unspecified atom stereocenters. The van der Waals surface area contributed by atoms with Gasteiger partial charge in [0.15, 0.2) is 0 Å². The molecule has 1 saturated heterocycles. The summed E-state index contributed by atoms with van der Waals surface area (Å²) in [7, 11) is -2.25. The lowest BCUT2D eigenvalue weighted by molar-refractivity contribution is 0.310. The summed E-state index contributed by atoms with van der Waals surface area (Å²) in [6, 6.07) is 3.84. The molecule has 2 N–H and O–H groups in total. The molecule has 2 rings (SSSR count). The maximum atomic E-state index is 13.4. The Hall–Kier alpha value is -1.18. The second-order valence-electron chi connectivity index (χ2n) is 5.03. The molecule has 0 bridgehead atoms. The highest BCUT2D eigenvalue weighted by Crippen LogP contribution is 2.23. The van der Waals surface area contributed by atoms with Crippen LogP contribution in [-0.2, 0) is 10.0 Å². The molecule has 0 aromatic heterocycles. The average molecular weight is 301 g/mol. The molecule has 112 valence electrons. The van der Waals surface area contributed by atoms with Crippen LogP contribution in [0.2, 0.25) is 0 Å². The minimum Gasteiger partial charge on any atom is -0.395 e. The van der Waals surface area contributed by atoms with Gasteiger partial charge < -0.3 is 10.6 Å². The third-order valence-corrected chi connectivity index (χ3v) is 5.55. The zero-order valence-electron chi connectivity index (χ0n) is 11.5. The fourth-order valence-corrected chi connectivity index (χ4v) is 3.60. The molecular weight excluding hydrogens is 281 g/mol. The van der Waals surface area contributed by atoms with E-state index in [0.29, 0.717) is 13.1 Å². The Morgan fingerprint density at radius 3 is 2.65 bits per heavy atom. The molecule has 1 aromatic carbocycles. The first-order valence-corrected chi connectivity index (χ1v) is 8.09. The minimum absolute atomic E-state index is 0.165. The van der Waals surface area contributed by atoms with Crippen molar-refractivity contribution in [1.82, 2.24) is 9.21 Å². The lowest BCUT2D eigenvalue weighted by Crippen LogP contribution is -2.35. The molecule has 1 heterocycles. The van der Waals surface area contributed by atoms with Crippen LogP contribution < -0.4 is 5.73 Å². The van der Waals surface area contributed by atoms with Crippen LogP contribution in [0, 0.1) is 5.82 Å². The first-order chi connectivity index (χ1) is 9.43. The van der Waals surface area contributed by atoms with Crippen LogP contribution in [0.15, 0.2) is 23.1 Å². The lowest BCUT2D eigenvalue weighted by atomic mass is 10.3. The molecule has 0 saturated carbocycles. The van der Waals surface area contributed by atoms with Crippen molar-refractivity contribution in [3.8, 4) is 0 Å². The van der Waals surface area contributed by atoms with E-state index in [9.17, 15) is 12.8 Å². The number of sulfonamides is 1. The van der Waals surface area contributed by atoms with Crippen molar-refractivity contribution in [2.24, 2.45) is 0 Å². The van der Waals surface area contributed by atoms with Crippen LogP contribution in [0.4, 0.5) is 10.1 Å². The van der Waals surface area contributed by atoms with E-state index in [1.165, 1.54) is 23.5 Å². The molecule has 1 aliphatic rings. The van der Waals surface area contributed by atoms with Gasteiger partial charge in [-0.15, -0.1) is 0 Å². The highest BCUT2D eigenvalue weighted by Gasteiger charge is 2.25. The molecule has 20 heavy (non-hydrogen) atoms. The Morgan fingerprint density at radius 1 is 1.35 bits per heavy atom.